The van der Waals surface area contributed by atoms with E-state index in [-0.39, 0.29) is 35.7 Å². The number of ether oxygens (including phenoxy) is 2. The smallest absolute Gasteiger partial charge is 0.224 e. The first-order chi connectivity index (χ1) is 11.5. The molecule has 1 aliphatic heterocycles. The summed E-state index contributed by atoms with van der Waals surface area (Å²) < 4.78 is 11.4. The molecule has 1 fully saturated rings. The van der Waals surface area contributed by atoms with Crippen molar-refractivity contribution in [2.24, 2.45) is 11.7 Å². The van der Waals surface area contributed by atoms with E-state index in [1.165, 1.54) is 18.4 Å². The van der Waals surface area contributed by atoms with Crippen molar-refractivity contribution in [2.75, 3.05) is 19.8 Å². The molecule has 6 heteroatoms. The lowest BCUT2D eigenvalue weighted by molar-refractivity contribution is -0.125. The number of halogens is 1. The molecule has 1 aromatic carbocycles. The Bertz CT molecular complexity index is 600. The summed E-state index contributed by atoms with van der Waals surface area (Å²) in [6, 6.07) is 6.08. The monoisotopic (exact) mass is 368 g/mol. The predicted octanol–water partition coefficient (Wildman–Crippen LogP) is 2.79. The van der Waals surface area contributed by atoms with Crippen molar-refractivity contribution in [2.45, 2.75) is 51.0 Å². The van der Waals surface area contributed by atoms with Crippen LogP contribution >= 0.6 is 12.4 Å². The van der Waals surface area contributed by atoms with Crippen molar-refractivity contribution in [1.29, 1.82) is 0 Å². The van der Waals surface area contributed by atoms with Gasteiger partial charge in [-0.1, -0.05) is 25.8 Å². The fourth-order valence-corrected chi connectivity index (χ4v) is 3.65. The van der Waals surface area contributed by atoms with Gasteiger partial charge in [0.1, 0.15) is 13.2 Å². The molecule has 5 nitrogen and oxygen atoms in total. The van der Waals surface area contributed by atoms with E-state index in [2.05, 4.69) is 17.4 Å². The molecule has 1 aromatic rings. The highest BCUT2D eigenvalue weighted by Gasteiger charge is 2.37. The molecule has 25 heavy (non-hydrogen) atoms. The van der Waals surface area contributed by atoms with Crippen LogP contribution in [0.5, 0.6) is 11.5 Å². The van der Waals surface area contributed by atoms with E-state index >= 15 is 0 Å². The lowest BCUT2D eigenvalue weighted by atomic mass is 9.78. The maximum atomic E-state index is 12.3. The number of nitrogens with one attached hydrogen (secondary N) is 1. The second kappa shape index (κ2) is 8.28. The fraction of sp³-hybridized carbons (Fsp3) is 0.632. The Morgan fingerprint density at radius 2 is 1.84 bits per heavy atom. The molecule has 1 heterocycles. The molecule has 0 saturated heterocycles. The van der Waals surface area contributed by atoms with Crippen molar-refractivity contribution in [3.05, 3.63) is 23.8 Å². The number of hydrogen-bond donors (Lipinski definition) is 2. The van der Waals surface area contributed by atoms with Gasteiger partial charge in [-0.05, 0) is 37.5 Å². The highest BCUT2D eigenvalue weighted by Crippen LogP contribution is 2.43. The Morgan fingerprint density at radius 3 is 2.48 bits per heavy atom. The van der Waals surface area contributed by atoms with Crippen LogP contribution in [0, 0.1) is 5.92 Å². The van der Waals surface area contributed by atoms with E-state index in [0.717, 1.165) is 24.3 Å². The fourth-order valence-electron chi connectivity index (χ4n) is 3.65. The van der Waals surface area contributed by atoms with Crippen molar-refractivity contribution in [1.82, 2.24) is 5.32 Å². The summed E-state index contributed by atoms with van der Waals surface area (Å²) in [4.78, 5) is 12.3. The minimum atomic E-state index is -0.177. The van der Waals surface area contributed by atoms with Gasteiger partial charge in [-0.3, -0.25) is 4.79 Å². The molecule has 0 aromatic heterocycles. The highest BCUT2D eigenvalue weighted by atomic mass is 35.5. The highest BCUT2D eigenvalue weighted by molar-refractivity contribution is 5.85. The molecular formula is C19H29ClN2O3. The van der Waals surface area contributed by atoms with Crippen molar-refractivity contribution in [3.63, 3.8) is 0 Å². The summed E-state index contributed by atoms with van der Waals surface area (Å²) >= 11 is 0. The third-order valence-electron chi connectivity index (χ3n) is 5.52. The first-order valence-corrected chi connectivity index (χ1v) is 8.95. The van der Waals surface area contributed by atoms with Crippen LogP contribution in [0.1, 0.15) is 45.1 Å². The van der Waals surface area contributed by atoms with Gasteiger partial charge in [0.15, 0.2) is 11.5 Å². The molecular weight excluding hydrogens is 340 g/mol. The molecule has 3 N–H and O–H groups in total. The van der Waals surface area contributed by atoms with Crippen LogP contribution in [-0.4, -0.2) is 31.7 Å². The number of nitrogens with two attached hydrogens (primary N) is 1. The average molecular weight is 369 g/mol. The maximum absolute atomic E-state index is 12.3. The van der Waals surface area contributed by atoms with Gasteiger partial charge in [0, 0.05) is 23.9 Å². The SMILES string of the molecule is CC(N)C(C)C(=O)NCC1(c2ccc3c(c2)OCCO3)CCCC1.Cl. The molecule has 140 valence electrons. The van der Waals surface area contributed by atoms with Gasteiger partial charge >= 0.3 is 0 Å². The van der Waals surface area contributed by atoms with Crippen LogP contribution in [0.15, 0.2) is 18.2 Å². The quantitative estimate of drug-likeness (QED) is 0.838. The number of benzene rings is 1. The van der Waals surface area contributed by atoms with Crippen LogP contribution < -0.4 is 20.5 Å². The van der Waals surface area contributed by atoms with Crippen LogP contribution in [0.2, 0.25) is 0 Å². The standard InChI is InChI=1S/C19H28N2O3.ClH/c1-13(14(2)20)18(22)21-12-19(7-3-4-8-19)15-5-6-16-17(11-15)24-10-9-23-16;/h5-6,11,13-14H,3-4,7-10,12,20H2,1-2H3,(H,21,22);1H. The molecule has 1 saturated carbocycles. The van der Waals surface area contributed by atoms with Gasteiger partial charge in [0.05, 0.1) is 0 Å². The van der Waals surface area contributed by atoms with Crippen molar-refractivity contribution in [3.8, 4) is 11.5 Å². The van der Waals surface area contributed by atoms with E-state index in [1.807, 2.05) is 19.9 Å². The molecule has 1 amide bonds. The zero-order valence-electron chi connectivity index (χ0n) is 15.0. The predicted molar refractivity (Wildman–Crippen MR) is 101 cm³/mol. The van der Waals surface area contributed by atoms with E-state index in [4.69, 9.17) is 15.2 Å². The Morgan fingerprint density at radius 1 is 1.20 bits per heavy atom. The molecule has 0 radical (unpaired) electrons. The van der Waals surface area contributed by atoms with Crippen molar-refractivity contribution >= 4 is 18.3 Å². The molecule has 1 aliphatic carbocycles. The van der Waals surface area contributed by atoms with Crippen LogP contribution in [0.4, 0.5) is 0 Å². The second-order valence-corrected chi connectivity index (χ2v) is 7.21. The Balaban J connectivity index is 0.00000225. The second-order valence-electron chi connectivity index (χ2n) is 7.21. The Hall–Kier alpha value is -1.46. The maximum Gasteiger partial charge on any atom is 0.224 e. The third kappa shape index (κ3) is 4.21. The molecule has 2 atom stereocenters. The Labute approximate surface area is 156 Å². The van der Waals surface area contributed by atoms with E-state index < -0.39 is 0 Å². The number of hydrogen-bond acceptors (Lipinski definition) is 4. The number of rotatable bonds is 5. The van der Waals surface area contributed by atoms with E-state index in [0.29, 0.717) is 19.8 Å². The zero-order valence-corrected chi connectivity index (χ0v) is 15.9. The first kappa shape index (κ1) is 19.9. The minimum Gasteiger partial charge on any atom is -0.486 e. The summed E-state index contributed by atoms with van der Waals surface area (Å²) in [5.41, 5.74) is 7.07. The van der Waals surface area contributed by atoms with Gasteiger partial charge in [-0.15, -0.1) is 12.4 Å². The molecule has 2 unspecified atom stereocenters. The van der Waals surface area contributed by atoms with Gasteiger partial charge in [-0.2, -0.15) is 0 Å². The summed E-state index contributed by atoms with van der Waals surface area (Å²) in [5.74, 6) is 1.49. The van der Waals surface area contributed by atoms with Crippen LogP contribution in [0.25, 0.3) is 0 Å². The number of carbonyl (C=O) groups excluding carboxylic acids is 1. The number of amides is 1. The summed E-state index contributed by atoms with van der Waals surface area (Å²) in [7, 11) is 0. The first-order valence-electron chi connectivity index (χ1n) is 8.95. The summed E-state index contributed by atoms with van der Waals surface area (Å²) in [5, 5.41) is 3.13. The van der Waals surface area contributed by atoms with Crippen LogP contribution in [-0.2, 0) is 10.2 Å². The molecule has 2 aliphatic rings. The van der Waals surface area contributed by atoms with Gasteiger partial charge in [0.2, 0.25) is 5.91 Å². The van der Waals surface area contributed by atoms with Crippen molar-refractivity contribution < 1.29 is 14.3 Å². The minimum absolute atomic E-state index is 0. The normalized spacial score (nSPS) is 20.3. The summed E-state index contributed by atoms with van der Waals surface area (Å²) in [6.45, 7) is 5.60. The van der Waals surface area contributed by atoms with E-state index in [1.54, 1.807) is 0 Å². The Kier molecular flexibility index (Phi) is 6.58. The molecule has 0 spiro atoms. The molecule has 3 rings (SSSR count). The van der Waals surface area contributed by atoms with Crippen LogP contribution in [0.3, 0.4) is 0 Å². The van der Waals surface area contributed by atoms with E-state index in [9.17, 15) is 4.79 Å². The number of carbonyl (C=O) groups is 1. The van der Waals surface area contributed by atoms with Gasteiger partial charge in [0.25, 0.3) is 0 Å². The lowest BCUT2D eigenvalue weighted by Gasteiger charge is -2.32. The largest absolute Gasteiger partial charge is 0.486 e. The third-order valence-corrected chi connectivity index (χ3v) is 5.52. The lowest BCUT2D eigenvalue weighted by Crippen LogP contribution is -2.44. The topological polar surface area (TPSA) is 73.6 Å². The molecule has 0 bridgehead atoms. The number of fused-ring (bicyclic) bond motifs is 1. The van der Waals surface area contributed by atoms with Gasteiger partial charge in [-0.25, -0.2) is 0 Å². The van der Waals surface area contributed by atoms with Gasteiger partial charge < -0.3 is 20.5 Å². The zero-order chi connectivity index (χ0) is 17.2. The summed E-state index contributed by atoms with van der Waals surface area (Å²) in [6.07, 6.45) is 4.54. The average Bonchev–Trinajstić information content (AvgIpc) is 3.08.